The zero-order valence-electron chi connectivity index (χ0n) is 34.7. The van der Waals surface area contributed by atoms with E-state index in [1.807, 2.05) is 111 Å². The molecule has 0 aliphatic carbocycles. The minimum atomic E-state index is -0.710. The van der Waals surface area contributed by atoms with Gasteiger partial charge in [0.2, 0.25) is 5.91 Å². The van der Waals surface area contributed by atoms with Crippen molar-refractivity contribution < 1.29 is 24.5 Å². The number of unbranched alkanes of at least 4 members (excludes halogenated alkanes) is 12. The van der Waals surface area contributed by atoms with Gasteiger partial charge in [-0.1, -0.05) is 181 Å². The van der Waals surface area contributed by atoms with Gasteiger partial charge in [0, 0.05) is 36.2 Å². The molecule has 1 aliphatic rings. The average Bonchev–Trinajstić information content (AvgIpc) is 3.25. The van der Waals surface area contributed by atoms with E-state index in [4.69, 9.17) is 9.47 Å². The fraction of sp³-hybridized carbons (Fsp3) is 0.500. The normalized spacial score (nSPS) is 19.3. The summed E-state index contributed by atoms with van der Waals surface area (Å²) in [6.45, 7) is 4.81. The molecule has 1 saturated heterocycles. The number of aliphatic hydroxyl groups is 2. The highest BCUT2D eigenvalue weighted by Gasteiger charge is 2.43. The Balaban J connectivity index is 1.24. The number of carbonyl (C=O) groups excluding carboxylic acids is 1. The molecule has 1 amide bonds. The van der Waals surface area contributed by atoms with Crippen molar-refractivity contribution in [3.05, 3.63) is 137 Å². The van der Waals surface area contributed by atoms with Crippen LogP contribution in [-0.2, 0) is 20.9 Å². The maximum absolute atomic E-state index is 13.1. The standard InChI is InChI=1S/C50H68N2O5/c1-4-5-6-7-8-9-10-11-12-13-14-15-22-30-46(54)51-44-29-23-28-43(35-44)50-56-45(36-52(3)38(2)48(55)41-26-20-17-21-27-41)47(40-24-18-16-19-25-40)49(57-50)42-33-31-39(37-53)32-34-42/h16-21,23-29,31-35,38,45,47-50,53,55H,4-15,22,30,36-37H2,1-3H3,(H,51,54)/t38-,45+,47+,48-,49-,50?/m0/s1. The van der Waals surface area contributed by atoms with Gasteiger partial charge >= 0.3 is 0 Å². The summed E-state index contributed by atoms with van der Waals surface area (Å²) in [4.78, 5) is 15.2. The van der Waals surface area contributed by atoms with Crippen LogP contribution in [0.5, 0.6) is 0 Å². The first-order chi connectivity index (χ1) is 27.9. The Kier molecular flexibility index (Phi) is 18.8. The number of aliphatic hydroxyl groups excluding tert-OH is 2. The Morgan fingerprint density at radius 3 is 1.89 bits per heavy atom. The molecule has 3 N–H and O–H groups in total. The Labute approximate surface area is 342 Å². The Bertz CT molecular complexity index is 1700. The number of benzene rings is 4. The highest BCUT2D eigenvalue weighted by atomic mass is 16.7. The van der Waals surface area contributed by atoms with Crippen molar-refractivity contribution in [1.82, 2.24) is 4.90 Å². The lowest BCUT2D eigenvalue weighted by atomic mass is 9.83. The molecule has 7 heteroatoms. The molecular weight excluding hydrogens is 709 g/mol. The minimum Gasteiger partial charge on any atom is -0.392 e. The molecule has 4 aromatic rings. The van der Waals surface area contributed by atoms with E-state index in [1.165, 1.54) is 70.6 Å². The summed E-state index contributed by atoms with van der Waals surface area (Å²) in [6.07, 6.45) is 15.0. The third kappa shape index (κ3) is 13.9. The maximum atomic E-state index is 13.1. The van der Waals surface area contributed by atoms with Crippen LogP contribution in [0.1, 0.15) is 156 Å². The van der Waals surface area contributed by atoms with Crippen LogP contribution in [0.3, 0.4) is 0 Å². The second kappa shape index (κ2) is 24.2. The molecular formula is C50H68N2O5. The lowest BCUT2D eigenvalue weighted by molar-refractivity contribution is -0.264. The average molecular weight is 777 g/mol. The van der Waals surface area contributed by atoms with Crippen molar-refractivity contribution >= 4 is 11.6 Å². The number of likely N-dealkylation sites (N-methyl/N-ethyl adjacent to an activating group) is 1. The third-order valence-electron chi connectivity index (χ3n) is 11.7. The summed E-state index contributed by atoms with van der Waals surface area (Å²) in [5.41, 5.74) is 5.33. The van der Waals surface area contributed by atoms with Crippen LogP contribution in [0.2, 0.25) is 0 Å². The van der Waals surface area contributed by atoms with Gasteiger partial charge in [0.15, 0.2) is 6.29 Å². The van der Waals surface area contributed by atoms with Crippen LogP contribution in [0, 0.1) is 0 Å². The third-order valence-corrected chi connectivity index (χ3v) is 11.7. The van der Waals surface area contributed by atoms with Gasteiger partial charge < -0.3 is 25.0 Å². The van der Waals surface area contributed by atoms with Crippen LogP contribution in [0.25, 0.3) is 0 Å². The van der Waals surface area contributed by atoms with Gasteiger partial charge in [-0.05, 0) is 54.8 Å². The van der Waals surface area contributed by atoms with Gasteiger partial charge in [0.25, 0.3) is 0 Å². The number of carbonyl (C=O) groups is 1. The van der Waals surface area contributed by atoms with E-state index in [0.717, 1.165) is 46.3 Å². The van der Waals surface area contributed by atoms with Crippen molar-refractivity contribution in [2.75, 3.05) is 18.9 Å². The molecule has 0 spiro atoms. The molecule has 1 fully saturated rings. The molecule has 6 atom stereocenters. The number of ether oxygens (including phenoxy) is 2. The molecule has 1 aliphatic heterocycles. The Morgan fingerprint density at radius 2 is 1.28 bits per heavy atom. The lowest BCUT2D eigenvalue weighted by Gasteiger charge is -2.45. The summed E-state index contributed by atoms with van der Waals surface area (Å²) < 4.78 is 13.9. The number of nitrogens with zero attached hydrogens (tertiary/aromatic N) is 1. The minimum absolute atomic E-state index is 0.0251. The van der Waals surface area contributed by atoms with Crippen molar-refractivity contribution in [3.8, 4) is 0 Å². The zero-order valence-corrected chi connectivity index (χ0v) is 34.7. The summed E-state index contributed by atoms with van der Waals surface area (Å²) in [6, 6.07) is 35.7. The predicted octanol–water partition coefficient (Wildman–Crippen LogP) is 11.6. The van der Waals surface area contributed by atoms with E-state index in [-0.39, 0.29) is 36.7 Å². The molecule has 1 heterocycles. The quantitative estimate of drug-likeness (QED) is 0.0614. The van der Waals surface area contributed by atoms with E-state index in [1.54, 1.807) is 0 Å². The van der Waals surface area contributed by atoms with E-state index >= 15 is 0 Å². The Hall–Kier alpha value is -3.85. The van der Waals surface area contributed by atoms with Crippen molar-refractivity contribution in [2.24, 2.45) is 0 Å². The summed E-state index contributed by atoms with van der Waals surface area (Å²) in [5.74, 6) is -0.147. The van der Waals surface area contributed by atoms with Gasteiger partial charge in [-0.2, -0.15) is 0 Å². The molecule has 4 aromatic carbocycles. The highest BCUT2D eigenvalue weighted by molar-refractivity contribution is 5.90. The van der Waals surface area contributed by atoms with Crippen LogP contribution >= 0.6 is 0 Å². The smallest absolute Gasteiger partial charge is 0.224 e. The number of anilines is 1. The first-order valence-corrected chi connectivity index (χ1v) is 21.8. The molecule has 0 bridgehead atoms. The molecule has 0 aromatic heterocycles. The van der Waals surface area contributed by atoms with Crippen LogP contribution in [0.4, 0.5) is 5.69 Å². The van der Waals surface area contributed by atoms with E-state index in [0.29, 0.717) is 13.0 Å². The molecule has 0 saturated carbocycles. The predicted molar refractivity (Wildman–Crippen MR) is 232 cm³/mol. The van der Waals surface area contributed by atoms with E-state index in [9.17, 15) is 15.0 Å². The summed E-state index contributed by atoms with van der Waals surface area (Å²) in [7, 11) is 2.03. The van der Waals surface area contributed by atoms with Crippen LogP contribution in [0.15, 0.2) is 109 Å². The first kappa shape index (κ1) is 44.3. The molecule has 0 radical (unpaired) electrons. The number of nitrogens with one attached hydrogen (secondary N) is 1. The van der Waals surface area contributed by atoms with E-state index in [2.05, 4.69) is 29.3 Å². The van der Waals surface area contributed by atoms with Gasteiger partial charge in [-0.3, -0.25) is 9.69 Å². The maximum Gasteiger partial charge on any atom is 0.224 e. The Morgan fingerprint density at radius 1 is 0.702 bits per heavy atom. The second-order valence-corrected chi connectivity index (χ2v) is 16.1. The van der Waals surface area contributed by atoms with Crippen LogP contribution < -0.4 is 5.32 Å². The van der Waals surface area contributed by atoms with Crippen molar-refractivity contribution in [3.63, 3.8) is 0 Å². The molecule has 1 unspecified atom stereocenters. The molecule has 308 valence electrons. The largest absolute Gasteiger partial charge is 0.392 e. The van der Waals surface area contributed by atoms with Crippen molar-refractivity contribution in [1.29, 1.82) is 0 Å². The first-order valence-electron chi connectivity index (χ1n) is 21.8. The summed E-state index contributed by atoms with van der Waals surface area (Å²) >= 11 is 0. The second-order valence-electron chi connectivity index (χ2n) is 16.1. The highest BCUT2D eigenvalue weighted by Crippen LogP contribution is 2.47. The van der Waals surface area contributed by atoms with Gasteiger partial charge in [0.05, 0.1) is 24.9 Å². The number of hydrogen-bond donors (Lipinski definition) is 3. The fourth-order valence-electron chi connectivity index (χ4n) is 8.08. The fourth-order valence-corrected chi connectivity index (χ4v) is 8.08. The molecule has 57 heavy (non-hydrogen) atoms. The summed E-state index contributed by atoms with van der Waals surface area (Å²) in [5, 5.41) is 24.3. The van der Waals surface area contributed by atoms with Crippen LogP contribution in [-0.4, -0.2) is 46.8 Å². The number of rotatable bonds is 24. The van der Waals surface area contributed by atoms with Gasteiger partial charge in [-0.15, -0.1) is 0 Å². The SMILES string of the molecule is CCCCCCCCCCCCCCCC(=O)Nc1cccc(C2O[C@H](CN(C)[C@@H](C)[C@H](O)c3ccccc3)[C@@H](c3ccccc3)[C@H](c3ccc(CO)cc3)O2)c1. The topological polar surface area (TPSA) is 91.3 Å². The van der Waals surface area contributed by atoms with E-state index < -0.39 is 12.4 Å². The van der Waals surface area contributed by atoms with Crippen molar-refractivity contribution in [2.45, 2.75) is 147 Å². The van der Waals surface area contributed by atoms with Gasteiger partial charge in [-0.25, -0.2) is 0 Å². The number of hydrogen-bond acceptors (Lipinski definition) is 6. The molecule has 7 nitrogen and oxygen atoms in total. The van der Waals surface area contributed by atoms with Gasteiger partial charge in [0.1, 0.15) is 0 Å². The number of amides is 1. The molecule has 5 rings (SSSR count). The zero-order chi connectivity index (χ0) is 40.2. The monoisotopic (exact) mass is 777 g/mol. The lowest BCUT2D eigenvalue weighted by Crippen LogP contribution is -2.46.